The van der Waals surface area contributed by atoms with Crippen molar-refractivity contribution in [3.8, 4) is 5.75 Å². The van der Waals surface area contributed by atoms with Crippen molar-refractivity contribution in [1.82, 2.24) is 0 Å². The van der Waals surface area contributed by atoms with Gasteiger partial charge in [-0.3, -0.25) is 9.59 Å². The number of methoxy groups -OCH3 is 1. The van der Waals surface area contributed by atoms with E-state index in [0.717, 1.165) is 11.3 Å². The molecule has 0 spiro atoms. The molecule has 0 unspecified atom stereocenters. The SMILES string of the molecule is COC(=O)CCC(=O)c1ccc(OCC(C)C)cc1C. The lowest BCUT2D eigenvalue weighted by atomic mass is 10.0. The van der Waals surface area contributed by atoms with Crippen LogP contribution in [0.4, 0.5) is 0 Å². The molecule has 0 N–H and O–H groups in total. The van der Waals surface area contributed by atoms with Crippen LogP contribution in [0.25, 0.3) is 0 Å². The molecule has 0 fully saturated rings. The predicted octanol–water partition coefficient (Wildman–Crippen LogP) is 3.17. The molecular weight excluding hydrogens is 256 g/mol. The van der Waals surface area contributed by atoms with Crippen molar-refractivity contribution in [1.29, 1.82) is 0 Å². The van der Waals surface area contributed by atoms with Gasteiger partial charge < -0.3 is 9.47 Å². The molecule has 1 rings (SSSR count). The standard InChI is InChI=1S/C16H22O4/c1-11(2)10-20-13-5-6-14(12(3)9-13)15(17)7-8-16(18)19-4/h5-6,9,11H,7-8,10H2,1-4H3. The summed E-state index contributed by atoms with van der Waals surface area (Å²) in [6.45, 7) is 6.68. The van der Waals surface area contributed by atoms with Crippen LogP contribution in [0.2, 0.25) is 0 Å². The summed E-state index contributed by atoms with van der Waals surface area (Å²) >= 11 is 0. The van der Waals surface area contributed by atoms with Crippen LogP contribution >= 0.6 is 0 Å². The van der Waals surface area contributed by atoms with Crippen LogP contribution in [0.5, 0.6) is 5.75 Å². The average molecular weight is 278 g/mol. The Hall–Kier alpha value is -1.84. The molecule has 20 heavy (non-hydrogen) atoms. The van der Waals surface area contributed by atoms with E-state index in [1.165, 1.54) is 7.11 Å². The number of aryl methyl sites for hydroxylation is 1. The molecule has 0 radical (unpaired) electrons. The summed E-state index contributed by atoms with van der Waals surface area (Å²) in [5, 5.41) is 0. The van der Waals surface area contributed by atoms with Crippen LogP contribution in [0.1, 0.15) is 42.6 Å². The number of carbonyl (C=O) groups is 2. The number of hydrogen-bond acceptors (Lipinski definition) is 4. The minimum Gasteiger partial charge on any atom is -0.493 e. The van der Waals surface area contributed by atoms with Crippen molar-refractivity contribution in [2.75, 3.05) is 13.7 Å². The van der Waals surface area contributed by atoms with E-state index in [1.54, 1.807) is 12.1 Å². The Morgan fingerprint density at radius 2 is 1.90 bits per heavy atom. The number of esters is 1. The first-order valence-electron chi connectivity index (χ1n) is 6.77. The van der Waals surface area contributed by atoms with Crippen molar-refractivity contribution in [3.05, 3.63) is 29.3 Å². The molecule has 0 aliphatic carbocycles. The Morgan fingerprint density at radius 3 is 2.45 bits per heavy atom. The molecule has 0 saturated heterocycles. The molecule has 0 amide bonds. The van der Waals surface area contributed by atoms with E-state index in [-0.39, 0.29) is 24.6 Å². The highest BCUT2D eigenvalue weighted by atomic mass is 16.5. The fourth-order valence-electron chi connectivity index (χ4n) is 1.75. The summed E-state index contributed by atoms with van der Waals surface area (Å²) in [6, 6.07) is 5.40. The summed E-state index contributed by atoms with van der Waals surface area (Å²) in [4.78, 5) is 23.1. The zero-order valence-corrected chi connectivity index (χ0v) is 12.6. The first-order valence-corrected chi connectivity index (χ1v) is 6.77. The fourth-order valence-corrected chi connectivity index (χ4v) is 1.75. The van der Waals surface area contributed by atoms with Gasteiger partial charge in [-0.05, 0) is 36.6 Å². The summed E-state index contributed by atoms with van der Waals surface area (Å²) in [7, 11) is 1.32. The first kappa shape index (κ1) is 16.2. The lowest BCUT2D eigenvalue weighted by Gasteiger charge is -2.11. The summed E-state index contributed by atoms with van der Waals surface area (Å²) in [6.07, 6.45) is 0.278. The van der Waals surface area contributed by atoms with Gasteiger partial charge in [0.2, 0.25) is 0 Å². The third kappa shape index (κ3) is 5.03. The molecule has 4 heteroatoms. The first-order chi connectivity index (χ1) is 9.43. The molecule has 110 valence electrons. The van der Waals surface area contributed by atoms with Gasteiger partial charge in [0.1, 0.15) is 5.75 Å². The Morgan fingerprint density at radius 1 is 1.20 bits per heavy atom. The van der Waals surface area contributed by atoms with E-state index in [2.05, 4.69) is 18.6 Å². The van der Waals surface area contributed by atoms with Crippen molar-refractivity contribution in [2.45, 2.75) is 33.6 Å². The lowest BCUT2D eigenvalue weighted by Crippen LogP contribution is -2.08. The van der Waals surface area contributed by atoms with Gasteiger partial charge in [0.25, 0.3) is 0 Å². The van der Waals surface area contributed by atoms with E-state index in [0.29, 0.717) is 18.1 Å². The zero-order chi connectivity index (χ0) is 15.1. The van der Waals surface area contributed by atoms with E-state index in [9.17, 15) is 9.59 Å². The van der Waals surface area contributed by atoms with Crippen LogP contribution in [0.15, 0.2) is 18.2 Å². The third-order valence-corrected chi connectivity index (χ3v) is 2.87. The maximum Gasteiger partial charge on any atom is 0.305 e. The van der Waals surface area contributed by atoms with Crippen molar-refractivity contribution in [3.63, 3.8) is 0 Å². The number of carbonyl (C=O) groups excluding carboxylic acids is 2. The molecule has 4 nitrogen and oxygen atoms in total. The second-order valence-electron chi connectivity index (χ2n) is 5.18. The maximum atomic E-state index is 12.0. The minimum absolute atomic E-state index is 0.0525. The largest absolute Gasteiger partial charge is 0.493 e. The molecule has 0 heterocycles. The number of ether oxygens (including phenoxy) is 2. The molecule has 1 aromatic rings. The maximum absolute atomic E-state index is 12.0. The molecule has 0 saturated carbocycles. The lowest BCUT2D eigenvalue weighted by molar-refractivity contribution is -0.140. The van der Waals surface area contributed by atoms with Gasteiger partial charge in [-0.1, -0.05) is 13.8 Å². The Labute approximate surface area is 120 Å². The number of rotatable bonds is 7. The molecule has 0 aliphatic heterocycles. The van der Waals surface area contributed by atoms with Crippen molar-refractivity contribution < 1.29 is 19.1 Å². The van der Waals surface area contributed by atoms with Gasteiger partial charge >= 0.3 is 5.97 Å². The Kier molecular flexibility index (Phi) is 6.22. The van der Waals surface area contributed by atoms with Crippen LogP contribution in [0, 0.1) is 12.8 Å². The molecule has 0 aromatic heterocycles. The molecule has 0 atom stereocenters. The third-order valence-electron chi connectivity index (χ3n) is 2.87. The quantitative estimate of drug-likeness (QED) is 0.568. The smallest absolute Gasteiger partial charge is 0.305 e. The van der Waals surface area contributed by atoms with Gasteiger partial charge in [-0.15, -0.1) is 0 Å². The predicted molar refractivity (Wildman–Crippen MR) is 77.1 cm³/mol. The van der Waals surface area contributed by atoms with Crippen LogP contribution in [-0.2, 0) is 9.53 Å². The molecule has 0 bridgehead atoms. The number of ketones is 1. The van der Waals surface area contributed by atoms with E-state index in [4.69, 9.17) is 4.74 Å². The fraction of sp³-hybridized carbons (Fsp3) is 0.500. The second-order valence-corrected chi connectivity index (χ2v) is 5.18. The van der Waals surface area contributed by atoms with Gasteiger partial charge in [-0.2, -0.15) is 0 Å². The highest BCUT2D eigenvalue weighted by Gasteiger charge is 2.12. The van der Waals surface area contributed by atoms with Gasteiger partial charge in [0.15, 0.2) is 5.78 Å². The zero-order valence-electron chi connectivity index (χ0n) is 12.6. The summed E-state index contributed by atoms with van der Waals surface area (Å²) in [5.41, 5.74) is 1.49. The normalized spacial score (nSPS) is 10.4. The summed E-state index contributed by atoms with van der Waals surface area (Å²) in [5.74, 6) is 0.800. The number of Topliss-reactive ketones (excluding diaryl/α,β-unsaturated/α-hetero) is 1. The Balaban J connectivity index is 2.67. The molecule has 0 aliphatic rings. The monoisotopic (exact) mass is 278 g/mol. The highest BCUT2D eigenvalue weighted by Crippen LogP contribution is 2.19. The van der Waals surface area contributed by atoms with E-state index < -0.39 is 0 Å². The number of hydrogen-bond donors (Lipinski definition) is 0. The molecule has 1 aromatic carbocycles. The van der Waals surface area contributed by atoms with Gasteiger partial charge in [-0.25, -0.2) is 0 Å². The second kappa shape index (κ2) is 7.68. The minimum atomic E-state index is -0.368. The van der Waals surface area contributed by atoms with Crippen LogP contribution < -0.4 is 4.74 Å². The average Bonchev–Trinajstić information content (AvgIpc) is 2.42. The highest BCUT2D eigenvalue weighted by molar-refractivity contribution is 5.98. The number of benzene rings is 1. The van der Waals surface area contributed by atoms with Gasteiger partial charge in [0, 0.05) is 12.0 Å². The van der Waals surface area contributed by atoms with Crippen molar-refractivity contribution >= 4 is 11.8 Å². The molecular formula is C16H22O4. The van der Waals surface area contributed by atoms with Crippen LogP contribution in [-0.4, -0.2) is 25.5 Å². The topological polar surface area (TPSA) is 52.6 Å². The van der Waals surface area contributed by atoms with Crippen molar-refractivity contribution in [2.24, 2.45) is 5.92 Å². The van der Waals surface area contributed by atoms with Crippen LogP contribution in [0.3, 0.4) is 0 Å². The van der Waals surface area contributed by atoms with E-state index in [1.807, 2.05) is 13.0 Å². The summed E-state index contributed by atoms with van der Waals surface area (Å²) < 4.78 is 10.1. The van der Waals surface area contributed by atoms with Gasteiger partial charge in [0.05, 0.1) is 20.1 Å². The Bertz CT molecular complexity index is 477. The van der Waals surface area contributed by atoms with E-state index >= 15 is 0 Å².